The van der Waals surface area contributed by atoms with Crippen LogP contribution in [0.25, 0.3) is 16.6 Å². The normalized spacial score (nSPS) is 11.7. The zero-order chi connectivity index (χ0) is 14.9. The average molecular weight is 291 g/mol. The van der Waals surface area contributed by atoms with Gasteiger partial charge in [0, 0.05) is 22.2 Å². The molecule has 0 spiro atoms. The topological polar surface area (TPSA) is 83.3 Å². The van der Waals surface area contributed by atoms with Crippen LogP contribution in [0, 0.1) is 6.92 Å². The highest BCUT2D eigenvalue weighted by molar-refractivity contribution is 6.00. The fraction of sp³-hybridized carbons (Fsp3) is 0.0667. The number of fused-ring (bicyclic) bond motifs is 2. The molecular weight excluding hydrogens is 278 g/mol. The SMILES string of the molecule is Cc1[nH]c2ccccc2c1/C=N/Nc1ccc2nncn2n1. The molecule has 4 rings (SSSR count). The summed E-state index contributed by atoms with van der Waals surface area (Å²) in [5.41, 5.74) is 6.86. The fourth-order valence-electron chi connectivity index (χ4n) is 2.42. The van der Waals surface area contributed by atoms with E-state index < -0.39 is 0 Å². The number of para-hydroxylation sites is 1. The summed E-state index contributed by atoms with van der Waals surface area (Å²) in [6, 6.07) is 11.8. The van der Waals surface area contributed by atoms with Crippen molar-refractivity contribution in [2.45, 2.75) is 6.92 Å². The van der Waals surface area contributed by atoms with E-state index in [-0.39, 0.29) is 0 Å². The van der Waals surface area contributed by atoms with Gasteiger partial charge in [0.15, 0.2) is 11.5 Å². The Labute approximate surface area is 125 Å². The Morgan fingerprint density at radius 2 is 2.14 bits per heavy atom. The largest absolute Gasteiger partial charge is 0.358 e. The number of aromatic amines is 1. The maximum absolute atomic E-state index is 4.30. The number of nitrogens with zero attached hydrogens (tertiary/aromatic N) is 5. The molecule has 7 heteroatoms. The van der Waals surface area contributed by atoms with Crippen molar-refractivity contribution in [1.29, 1.82) is 0 Å². The van der Waals surface area contributed by atoms with Crippen molar-refractivity contribution in [1.82, 2.24) is 24.8 Å². The summed E-state index contributed by atoms with van der Waals surface area (Å²) in [5, 5.41) is 17.4. The van der Waals surface area contributed by atoms with Crippen LogP contribution in [0.2, 0.25) is 0 Å². The number of H-pyrrole nitrogens is 1. The average Bonchev–Trinajstić information content (AvgIpc) is 3.11. The Bertz CT molecular complexity index is 980. The smallest absolute Gasteiger partial charge is 0.177 e. The van der Waals surface area contributed by atoms with Gasteiger partial charge in [0.1, 0.15) is 6.33 Å². The van der Waals surface area contributed by atoms with Crippen LogP contribution in [-0.4, -0.2) is 31.0 Å². The molecule has 0 radical (unpaired) electrons. The van der Waals surface area contributed by atoms with Gasteiger partial charge in [-0.2, -0.15) is 9.62 Å². The minimum Gasteiger partial charge on any atom is -0.358 e. The zero-order valence-electron chi connectivity index (χ0n) is 11.9. The van der Waals surface area contributed by atoms with Gasteiger partial charge in [-0.05, 0) is 25.1 Å². The Morgan fingerprint density at radius 1 is 1.23 bits per heavy atom. The third-order valence-corrected chi connectivity index (χ3v) is 3.48. The Hall–Kier alpha value is -3.22. The standard InChI is InChI=1S/C15H13N7/c1-10-12(11-4-2-3-5-13(11)18-10)8-16-19-14-6-7-15-20-17-9-22(15)21-14/h2-9,18H,1H3,(H,19,21)/b16-8+. The molecule has 3 aromatic heterocycles. The Kier molecular flexibility index (Phi) is 2.82. The van der Waals surface area contributed by atoms with Gasteiger partial charge in [-0.1, -0.05) is 18.2 Å². The second-order valence-corrected chi connectivity index (χ2v) is 4.93. The molecule has 0 saturated heterocycles. The van der Waals surface area contributed by atoms with Gasteiger partial charge in [-0.3, -0.25) is 5.43 Å². The van der Waals surface area contributed by atoms with Crippen LogP contribution in [0.4, 0.5) is 5.82 Å². The molecular formula is C15H13N7. The third kappa shape index (κ3) is 2.08. The van der Waals surface area contributed by atoms with Gasteiger partial charge in [0.2, 0.25) is 0 Å². The van der Waals surface area contributed by atoms with E-state index >= 15 is 0 Å². The van der Waals surface area contributed by atoms with E-state index in [9.17, 15) is 0 Å². The molecule has 3 heterocycles. The number of anilines is 1. The maximum Gasteiger partial charge on any atom is 0.177 e. The molecule has 0 aliphatic rings. The first kappa shape index (κ1) is 12.5. The lowest BCUT2D eigenvalue weighted by Gasteiger charge is -1.99. The maximum atomic E-state index is 4.30. The number of benzene rings is 1. The molecule has 1 aromatic carbocycles. The van der Waals surface area contributed by atoms with Crippen molar-refractivity contribution in [2.75, 3.05) is 5.43 Å². The van der Waals surface area contributed by atoms with Gasteiger partial charge < -0.3 is 4.98 Å². The first-order valence-electron chi connectivity index (χ1n) is 6.85. The third-order valence-electron chi connectivity index (χ3n) is 3.48. The lowest BCUT2D eigenvalue weighted by molar-refractivity contribution is 0.925. The molecule has 0 amide bonds. The molecule has 0 saturated carbocycles. The monoisotopic (exact) mass is 291 g/mol. The van der Waals surface area contributed by atoms with E-state index in [0.717, 1.165) is 22.2 Å². The van der Waals surface area contributed by atoms with E-state index in [1.807, 2.05) is 31.2 Å². The lowest BCUT2D eigenvalue weighted by Crippen LogP contribution is -1.98. The van der Waals surface area contributed by atoms with Crippen molar-refractivity contribution >= 4 is 28.6 Å². The fourth-order valence-corrected chi connectivity index (χ4v) is 2.42. The number of aryl methyl sites for hydroxylation is 1. The minimum atomic E-state index is 0.626. The summed E-state index contributed by atoms with van der Waals surface area (Å²) >= 11 is 0. The minimum absolute atomic E-state index is 0.626. The lowest BCUT2D eigenvalue weighted by atomic mass is 10.1. The van der Waals surface area contributed by atoms with Crippen LogP contribution in [0.3, 0.4) is 0 Å². The molecule has 4 aromatic rings. The van der Waals surface area contributed by atoms with E-state index in [1.165, 1.54) is 0 Å². The predicted octanol–water partition coefficient (Wildman–Crippen LogP) is 2.36. The van der Waals surface area contributed by atoms with Crippen molar-refractivity contribution < 1.29 is 0 Å². The molecule has 0 unspecified atom stereocenters. The summed E-state index contributed by atoms with van der Waals surface area (Å²) < 4.78 is 1.59. The molecule has 0 bridgehead atoms. The van der Waals surface area contributed by atoms with E-state index in [2.05, 4.69) is 42.9 Å². The molecule has 22 heavy (non-hydrogen) atoms. The number of hydrazone groups is 1. The van der Waals surface area contributed by atoms with Crippen LogP contribution in [0.1, 0.15) is 11.3 Å². The first-order chi connectivity index (χ1) is 10.8. The van der Waals surface area contributed by atoms with Crippen molar-refractivity contribution in [2.24, 2.45) is 5.10 Å². The second-order valence-electron chi connectivity index (χ2n) is 4.93. The molecule has 0 atom stereocenters. The van der Waals surface area contributed by atoms with Gasteiger partial charge in [0.05, 0.1) is 6.21 Å². The number of hydrogen-bond acceptors (Lipinski definition) is 5. The summed E-state index contributed by atoms with van der Waals surface area (Å²) in [6.45, 7) is 2.03. The molecule has 2 N–H and O–H groups in total. The number of aromatic nitrogens is 5. The zero-order valence-corrected chi connectivity index (χ0v) is 11.9. The van der Waals surface area contributed by atoms with Crippen LogP contribution >= 0.6 is 0 Å². The summed E-state index contributed by atoms with van der Waals surface area (Å²) in [5.74, 6) is 0.626. The highest BCUT2D eigenvalue weighted by Gasteiger charge is 2.05. The summed E-state index contributed by atoms with van der Waals surface area (Å²) in [6.07, 6.45) is 3.35. The van der Waals surface area contributed by atoms with Crippen LogP contribution in [-0.2, 0) is 0 Å². The van der Waals surface area contributed by atoms with Crippen LogP contribution in [0.5, 0.6) is 0 Å². The number of hydrogen-bond donors (Lipinski definition) is 2. The first-order valence-corrected chi connectivity index (χ1v) is 6.85. The van der Waals surface area contributed by atoms with Crippen LogP contribution in [0.15, 0.2) is 47.8 Å². The molecule has 0 fully saturated rings. The van der Waals surface area contributed by atoms with Gasteiger partial charge in [-0.25, -0.2) is 0 Å². The summed E-state index contributed by atoms with van der Waals surface area (Å²) in [7, 11) is 0. The Morgan fingerprint density at radius 3 is 3.09 bits per heavy atom. The highest BCUT2D eigenvalue weighted by atomic mass is 15.4. The molecule has 0 aliphatic carbocycles. The van der Waals surface area contributed by atoms with E-state index in [1.54, 1.807) is 17.1 Å². The highest BCUT2D eigenvalue weighted by Crippen LogP contribution is 2.19. The van der Waals surface area contributed by atoms with Gasteiger partial charge in [0.25, 0.3) is 0 Å². The molecule has 108 valence electrons. The summed E-state index contributed by atoms with van der Waals surface area (Å²) in [4.78, 5) is 3.34. The van der Waals surface area contributed by atoms with Gasteiger partial charge in [-0.15, -0.1) is 15.3 Å². The molecule has 7 nitrogen and oxygen atoms in total. The van der Waals surface area contributed by atoms with E-state index in [0.29, 0.717) is 11.5 Å². The quantitative estimate of drug-likeness (QED) is 0.448. The van der Waals surface area contributed by atoms with E-state index in [4.69, 9.17) is 0 Å². The van der Waals surface area contributed by atoms with Crippen LogP contribution < -0.4 is 5.43 Å². The molecule has 0 aliphatic heterocycles. The number of nitrogens with one attached hydrogen (secondary N) is 2. The van der Waals surface area contributed by atoms with Crippen molar-refractivity contribution in [3.63, 3.8) is 0 Å². The Balaban J connectivity index is 1.61. The predicted molar refractivity (Wildman–Crippen MR) is 85.0 cm³/mol. The van der Waals surface area contributed by atoms with Crippen molar-refractivity contribution in [3.8, 4) is 0 Å². The van der Waals surface area contributed by atoms with Crippen molar-refractivity contribution in [3.05, 3.63) is 54.0 Å². The van der Waals surface area contributed by atoms with Gasteiger partial charge >= 0.3 is 0 Å². The second kappa shape index (κ2) is 4.96. The number of rotatable bonds is 3.